The van der Waals surface area contributed by atoms with E-state index >= 15 is 0 Å². The second-order valence-corrected chi connectivity index (χ2v) is 3.70. The molecule has 18 heavy (non-hydrogen) atoms. The van der Waals surface area contributed by atoms with Crippen molar-refractivity contribution in [1.82, 2.24) is 19.6 Å². The summed E-state index contributed by atoms with van der Waals surface area (Å²) in [4.78, 5) is 7.99. The fraction of sp³-hybridized carbons (Fsp3) is 0. The minimum atomic E-state index is -0.718. The average Bonchev–Trinajstić information content (AvgIpc) is 2.82. The summed E-state index contributed by atoms with van der Waals surface area (Å²) in [6.45, 7) is 0. The van der Waals surface area contributed by atoms with Crippen molar-refractivity contribution in [3.05, 3.63) is 24.3 Å². The fourth-order valence-corrected chi connectivity index (χ4v) is 1.87. The predicted octanol–water partition coefficient (Wildman–Crippen LogP) is 1.91. The van der Waals surface area contributed by atoms with E-state index in [1.807, 2.05) is 0 Å². The summed E-state index contributed by atoms with van der Waals surface area (Å²) in [6, 6.07) is 2.40. The molecule has 2 aromatic heterocycles. The van der Waals surface area contributed by atoms with Gasteiger partial charge in [-0.1, -0.05) is 0 Å². The van der Waals surface area contributed by atoms with Crippen molar-refractivity contribution in [2.75, 3.05) is 5.73 Å². The van der Waals surface area contributed by atoms with Crippen molar-refractivity contribution in [3.8, 4) is 5.75 Å². The highest BCUT2D eigenvalue weighted by Crippen LogP contribution is 2.28. The summed E-state index contributed by atoms with van der Waals surface area (Å²) in [5.41, 5.74) is 6.38. The standard InChI is InChI=1S/C9H5F2N5OS/c10-5-1-4-6(2-7(5)17-18-11)15-9(12)16-8(4)13-3-14-16/h1-3H,(H2,12,15). The van der Waals surface area contributed by atoms with E-state index in [-0.39, 0.29) is 11.7 Å². The molecule has 0 amide bonds. The van der Waals surface area contributed by atoms with Crippen molar-refractivity contribution >= 4 is 34.9 Å². The molecule has 0 bridgehead atoms. The highest BCUT2D eigenvalue weighted by molar-refractivity contribution is 7.89. The number of nitrogens with two attached hydrogens (primary N) is 1. The Morgan fingerprint density at radius 3 is 3.00 bits per heavy atom. The summed E-state index contributed by atoms with van der Waals surface area (Å²) in [5, 5.41) is 4.27. The molecule has 0 atom stereocenters. The molecule has 0 aliphatic carbocycles. The number of fused-ring (bicyclic) bond motifs is 3. The maximum Gasteiger partial charge on any atom is 0.272 e. The third-order valence-corrected chi connectivity index (χ3v) is 2.65. The lowest BCUT2D eigenvalue weighted by Crippen LogP contribution is -2.03. The molecule has 3 rings (SSSR count). The molecule has 9 heteroatoms. The van der Waals surface area contributed by atoms with E-state index in [0.717, 1.165) is 6.07 Å². The van der Waals surface area contributed by atoms with Gasteiger partial charge in [0.2, 0.25) is 5.95 Å². The molecule has 0 saturated carbocycles. The second-order valence-electron chi connectivity index (χ2n) is 3.41. The molecule has 92 valence electrons. The molecule has 0 unspecified atom stereocenters. The van der Waals surface area contributed by atoms with Crippen LogP contribution in [0.3, 0.4) is 0 Å². The van der Waals surface area contributed by atoms with Crippen LogP contribution < -0.4 is 9.92 Å². The van der Waals surface area contributed by atoms with Gasteiger partial charge in [0.25, 0.3) is 12.4 Å². The predicted molar refractivity (Wildman–Crippen MR) is 62.0 cm³/mol. The van der Waals surface area contributed by atoms with Gasteiger partial charge < -0.3 is 9.92 Å². The molecule has 6 nitrogen and oxygen atoms in total. The highest BCUT2D eigenvalue weighted by atomic mass is 32.2. The zero-order chi connectivity index (χ0) is 12.7. The van der Waals surface area contributed by atoms with Gasteiger partial charge in [-0.3, -0.25) is 0 Å². The summed E-state index contributed by atoms with van der Waals surface area (Å²) >= 11 is -0.445. The Hall–Kier alpha value is -2.16. The van der Waals surface area contributed by atoms with E-state index in [1.54, 1.807) is 0 Å². The van der Waals surface area contributed by atoms with Gasteiger partial charge in [-0.2, -0.15) is 9.61 Å². The molecule has 1 aromatic carbocycles. The Morgan fingerprint density at radius 1 is 1.39 bits per heavy atom. The maximum absolute atomic E-state index is 13.6. The molecule has 0 radical (unpaired) electrons. The number of nitrogen functional groups attached to an aromatic ring is 1. The number of benzene rings is 1. The first kappa shape index (κ1) is 11.0. The molecule has 0 aliphatic rings. The van der Waals surface area contributed by atoms with Crippen LogP contribution in [0, 0.1) is 5.82 Å². The Balaban J connectivity index is 2.38. The molecule has 2 N–H and O–H groups in total. The van der Waals surface area contributed by atoms with Crippen molar-refractivity contribution in [2.24, 2.45) is 0 Å². The van der Waals surface area contributed by atoms with E-state index in [2.05, 4.69) is 19.2 Å². The maximum atomic E-state index is 13.6. The molecule has 2 heterocycles. The molecule has 0 aliphatic heterocycles. The van der Waals surface area contributed by atoms with Gasteiger partial charge in [0.05, 0.1) is 5.52 Å². The van der Waals surface area contributed by atoms with E-state index in [1.165, 1.54) is 16.9 Å². The van der Waals surface area contributed by atoms with Gasteiger partial charge in [-0.15, -0.1) is 3.89 Å². The zero-order valence-corrected chi connectivity index (χ0v) is 9.49. The number of aromatic nitrogens is 4. The highest BCUT2D eigenvalue weighted by Gasteiger charge is 2.13. The first-order chi connectivity index (χ1) is 8.70. The number of nitrogens with zero attached hydrogens (tertiary/aromatic N) is 4. The van der Waals surface area contributed by atoms with Crippen LogP contribution >= 0.6 is 12.4 Å². The zero-order valence-electron chi connectivity index (χ0n) is 8.67. The number of anilines is 1. The molecule has 3 aromatic rings. The van der Waals surface area contributed by atoms with Gasteiger partial charge in [0.15, 0.2) is 17.2 Å². The van der Waals surface area contributed by atoms with Gasteiger partial charge in [-0.25, -0.2) is 14.4 Å². The quantitative estimate of drug-likeness (QED) is 0.716. The summed E-state index contributed by atoms with van der Waals surface area (Å²) in [5.74, 6) is -0.879. The van der Waals surface area contributed by atoms with Crippen molar-refractivity contribution in [1.29, 1.82) is 0 Å². The van der Waals surface area contributed by atoms with E-state index < -0.39 is 18.2 Å². The molecule has 0 spiro atoms. The van der Waals surface area contributed by atoms with Gasteiger partial charge in [0.1, 0.15) is 6.33 Å². The van der Waals surface area contributed by atoms with Crippen molar-refractivity contribution < 1.29 is 12.5 Å². The van der Waals surface area contributed by atoms with Gasteiger partial charge in [0, 0.05) is 11.5 Å². The topological polar surface area (TPSA) is 78.3 Å². The third-order valence-electron chi connectivity index (χ3n) is 2.41. The largest absolute Gasteiger partial charge is 0.394 e. The van der Waals surface area contributed by atoms with Gasteiger partial charge >= 0.3 is 0 Å². The molecular weight excluding hydrogens is 264 g/mol. The van der Waals surface area contributed by atoms with Crippen LogP contribution in [0.2, 0.25) is 0 Å². The Bertz CT molecular complexity index is 746. The Labute approximate surface area is 103 Å². The Morgan fingerprint density at radius 2 is 2.22 bits per heavy atom. The minimum absolute atomic E-state index is 0.0976. The molecule has 0 fully saturated rings. The van der Waals surface area contributed by atoms with Crippen LogP contribution in [0.4, 0.5) is 14.2 Å². The van der Waals surface area contributed by atoms with E-state index in [4.69, 9.17) is 5.73 Å². The molecule has 0 saturated heterocycles. The van der Waals surface area contributed by atoms with Crippen LogP contribution in [-0.2, 0) is 0 Å². The fourth-order valence-electron chi connectivity index (χ4n) is 1.68. The van der Waals surface area contributed by atoms with Crippen LogP contribution in [0.1, 0.15) is 0 Å². The van der Waals surface area contributed by atoms with Crippen molar-refractivity contribution in [3.63, 3.8) is 0 Å². The smallest absolute Gasteiger partial charge is 0.272 e. The van der Waals surface area contributed by atoms with Crippen LogP contribution in [-0.4, -0.2) is 19.6 Å². The number of hydrogen-bond acceptors (Lipinski definition) is 6. The van der Waals surface area contributed by atoms with Crippen LogP contribution in [0.5, 0.6) is 5.75 Å². The lowest BCUT2D eigenvalue weighted by molar-refractivity contribution is 0.531. The number of halogens is 2. The first-order valence-electron chi connectivity index (χ1n) is 4.74. The normalized spacial score (nSPS) is 11.2. The lowest BCUT2D eigenvalue weighted by atomic mass is 10.2. The Kier molecular flexibility index (Phi) is 2.40. The van der Waals surface area contributed by atoms with Gasteiger partial charge in [-0.05, 0) is 6.07 Å². The van der Waals surface area contributed by atoms with E-state index in [0.29, 0.717) is 16.6 Å². The second kappa shape index (κ2) is 3.95. The first-order valence-corrected chi connectivity index (χ1v) is 5.38. The van der Waals surface area contributed by atoms with Crippen molar-refractivity contribution in [2.45, 2.75) is 0 Å². The number of rotatable bonds is 2. The average molecular weight is 269 g/mol. The van der Waals surface area contributed by atoms with Crippen LogP contribution in [0.15, 0.2) is 18.5 Å². The summed E-state index contributed by atoms with van der Waals surface area (Å²) in [6.07, 6.45) is 1.28. The van der Waals surface area contributed by atoms with Crippen LogP contribution in [0.25, 0.3) is 16.6 Å². The monoisotopic (exact) mass is 269 g/mol. The minimum Gasteiger partial charge on any atom is -0.394 e. The third kappa shape index (κ3) is 1.51. The summed E-state index contributed by atoms with van der Waals surface area (Å²) < 4.78 is 31.3. The number of hydrogen-bond donors (Lipinski definition) is 1. The SMILES string of the molecule is Nc1nc2cc(OSF)c(F)cc2c2ncnn12. The molecular formula is C9H5F2N5OS. The summed E-state index contributed by atoms with van der Waals surface area (Å²) in [7, 11) is 0. The van der Waals surface area contributed by atoms with E-state index in [9.17, 15) is 8.28 Å². The lowest BCUT2D eigenvalue weighted by Gasteiger charge is -2.05.